The first kappa shape index (κ1) is 38.8. The third kappa shape index (κ3) is 5.51. The van der Waals surface area contributed by atoms with Gasteiger partial charge < -0.3 is 9.13 Å². The van der Waals surface area contributed by atoms with Crippen molar-refractivity contribution in [1.82, 2.24) is 14.1 Å². The first-order valence-corrected chi connectivity index (χ1v) is 25.2. The van der Waals surface area contributed by atoms with E-state index in [0.29, 0.717) is 0 Å². The molecule has 16 rings (SSSR count). The first-order valence-electron chi connectivity index (χ1n) is 24.4. The highest BCUT2D eigenvalue weighted by atomic mass is 32.1. The SMILES string of the molecule is c1ccc(-c2nc3ccccc3c3c2cc(-n2c4ccccc4c4cc(-c5ccc6c(c5)c5ccccc5n6-c5ccc6c7ccccc7c7ccccc7c6c5)ccc42)c2sc4ccccc4c23)cc1. The van der Waals surface area contributed by atoms with Crippen LogP contribution in [-0.4, -0.2) is 14.1 Å². The van der Waals surface area contributed by atoms with E-state index in [2.05, 4.69) is 246 Å². The van der Waals surface area contributed by atoms with E-state index in [1.807, 2.05) is 11.3 Å². The minimum atomic E-state index is 1.00. The van der Waals surface area contributed by atoms with Gasteiger partial charge in [-0.05, 0) is 110 Å². The molecule has 0 aliphatic carbocycles. The van der Waals surface area contributed by atoms with Gasteiger partial charge >= 0.3 is 0 Å². The number of nitrogens with zero attached hydrogens (tertiary/aromatic N) is 3. The molecule has 0 atom stereocenters. The molecular weight excluding hydrogens is 879 g/mol. The van der Waals surface area contributed by atoms with E-state index >= 15 is 0 Å². The van der Waals surface area contributed by atoms with Gasteiger partial charge in [0.15, 0.2) is 0 Å². The van der Waals surface area contributed by atoms with Crippen molar-refractivity contribution in [1.29, 1.82) is 0 Å². The lowest BCUT2D eigenvalue weighted by molar-refractivity contribution is 1.19. The predicted octanol–water partition coefficient (Wildman–Crippen LogP) is 18.7. The van der Waals surface area contributed by atoms with Crippen LogP contribution in [0.3, 0.4) is 0 Å². The van der Waals surface area contributed by atoms with Crippen LogP contribution in [-0.2, 0) is 0 Å². The van der Waals surface area contributed by atoms with Gasteiger partial charge in [-0.2, -0.15) is 0 Å². The lowest BCUT2D eigenvalue weighted by Gasteiger charge is -2.16. The van der Waals surface area contributed by atoms with Gasteiger partial charge in [0.2, 0.25) is 0 Å². The fraction of sp³-hybridized carbons (Fsp3) is 0. The summed E-state index contributed by atoms with van der Waals surface area (Å²) in [7, 11) is 0. The molecule has 0 spiro atoms. The molecule has 16 aromatic rings. The number of fused-ring (bicyclic) bond motifs is 19. The van der Waals surface area contributed by atoms with Gasteiger partial charge in [0.05, 0.1) is 43.7 Å². The van der Waals surface area contributed by atoms with Crippen molar-refractivity contribution in [3.05, 3.63) is 237 Å². The summed E-state index contributed by atoms with van der Waals surface area (Å²) >= 11 is 1.89. The normalized spacial score (nSPS) is 12.2. The molecule has 328 valence electrons. The molecule has 4 heterocycles. The van der Waals surface area contributed by atoms with Gasteiger partial charge in [-0.15, -0.1) is 11.3 Å². The van der Waals surface area contributed by atoms with E-state index in [9.17, 15) is 0 Å². The molecule has 0 saturated carbocycles. The van der Waals surface area contributed by atoms with E-state index in [0.717, 1.165) is 27.8 Å². The van der Waals surface area contributed by atoms with Crippen molar-refractivity contribution in [2.24, 2.45) is 0 Å². The number of aromatic nitrogens is 3. The average Bonchev–Trinajstić information content (AvgIpc) is 4.10. The minimum Gasteiger partial charge on any atom is -0.309 e. The highest BCUT2D eigenvalue weighted by Crippen LogP contribution is 2.48. The van der Waals surface area contributed by atoms with E-state index in [1.165, 1.54) is 124 Å². The molecule has 0 amide bonds. The summed E-state index contributed by atoms with van der Waals surface area (Å²) in [5.74, 6) is 0. The van der Waals surface area contributed by atoms with Crippen LogP contribution in [0.4, 0.5) is 0 Å². The molecule has 4 heteroatoms. The number of para-hydroxylation sites is 3. The molecule has 0 unspecified atom stereocenters. The van der Waals surface area contributed by atoms with E-state index in [-0.39, 0.29) is 0 Å². The second-order valence-corrected chi connectivity index (χ2v) is 20.0. The van der Waals surface area contributed by atoms with Crippen molar-refractivity contribution in [3.8, 4) is 33.8 Å². The van der Waals surface area contributed by atoms with Crippen molar-refractivity contribution in [2.45, 2.75) is 0 Å². The van der Waals surface area contributed by atoms with Crippen molar-refractivity contribution in [3.63, 3.8) is 0 Å². The first-order chi connectivity index (χ1) is 35.2. The molecule has 0 saturated heterocycles. The molecule has 4 aromatic heterocycles. The zero-order chi connectivity index (χ0) is 46.3. The Bertz CT molecular complexity index is 4900. The number of benzene rings is 12. The van der Waals surface area contributed by atoms with Gasteiger partial charge in [-0.3, -0.25) is 0 Å². The van der Waals surface area contributed by atoms with Gasteiger partial charge in [0.25, 0.3) is 0 Å². The standard InChI is InChI=1S/C67H39N3S/c1-2-16-40(17-3-1)66-56-39-62(67-65(52-25-11-15-29-63(52)71-67)64(56)51-24-8-12-26-57(51)68-66)70-59-28-14-10-23-50(59)55-37-42(31-35-61(55)70)41-30-34-60-54(36-41)49-22-9-13-27-58(49)69(60)43-32-33-48-46-20-5-4-18-44(46)45-19-6-7-21-47(45)53(48)38-43/h1-39H. The topological polar surface area (TPSA) is 22.8 Å². The van der Waals surface area contributed by atoms with Crippen LogP contribution in [0.2, 0.25) is 0 Å². The van der Waals surface area contributed by atoms with Crippen molar-refractivity contribution < 1.29 is 0 Å². The summed E-state index contributed by atoms with van der Waals surface area (Å²) in [4.78, 5) is 5.42. The van der Waals surface area contributed by atoms with Crippen LogP contribution in [0.5, 0.6) is 0 Å². The molecule has 0 bridgehead atoms. The molecule has 3 nitrogen and oxygen atoms in total. The fourth-order valence-electron chi connectivity index (χ4n) is 12.2. The predicted molar refractivity (Wildman–Crippen MR) is 304 cm³/mol. The molecule has 0 aliphatic rings. The zero-order valence-electron chi connectivity index (χ0n) is 38.3. The Balaban J connectivity index is 0.912. The third-order valence-electron chi connectivity index (χ3n) is 15.2. The maximum Gasteiger partial charge on any atom is 0.0789 e. The molecule has 0 aliphatic heterocycles. The molecule has 71 heavy (non-hydrogen) atoms. The zero-order valence-corrected chi connectivity index (χ0v) is 39.1. The number of pyridine rings is 1. The molecule has 0 N–H and O–H groups in total. The molecular formula is C67H39N3S. The van der Waals surface area contributed by atoms with Crippen LogP contribution >= 0.6 is 11.3 Å². The smallest absolute Gasteiger partial charge is 0.0789 e. The summed E-state index contributed by atoms with van der Waals surface area (Å²) in [5.41, 5.74) is 12.6. The Morgan fingerprint density at radius 2 is 0.803 bits per heavy atom. The van der Waals surface area contributed by atoms with Crippen molar-refractivity contribution >= 4 is 129 Å². The quantitative estimate of drug-likeness (QED) is 0.161. The molecule has 0 fully saturated rings. The summed E-state index contributed by atoms with van der Waals surface area (Å²) in [6, 6.07) is 87.3. The van der Waals surface area contributed by atoms with Crippen molar-refractivity contribution in [2.75, 3.05) is 0 Å². The largest absolute Gasteiger partial charge is 0.309 e. The Morgan fingerprint density at radius 3 is 1.48 bits per heavy atom. The maximum absolute atomic E-state index is 5.42. The van der Waals surface area contributed by atoms with Crippen LogP contribution in [0.15, 0.2) is 237 Å². The van der Waals surface area contributed by atoms with Gasteiger partial charge in [-0.25, -0.2) is 4.98 Å². The summed E-state index contributed by atoms with van der Waals surface area (Å²) in [5, 5.41) is 18.8. The summed E-state index contributed by atoms with van der Waals surface area (Å²) in [6.45, 7) is 0. The Kier molecular flexibility index (Phi) is 8.04. The summed E-state index contributed by atoms with van der Waals surface area (Å²) < 4.78 is 7.52. The average molecular weight is 918 g/mol. The van der Waals surface area contributed by atoms with Crippen LogP contribution in [0.1, 0.15) is 0 Å². The molecule has 12 aromatic carbocycles. The Hall–Kier alpha value is -9.09. The fourth-order valence-corrected chi connectivity index (χ4v) is 13.4. The third-order valence-corrected chi connectivity index (χ3v) is 16.4. The number of hydrogen-bond donors (Lipinski definition) is 0. The maximum atomic E-state index is 5.42. The Morgan fingerprint density at radius 1 is 0.296 bits per heavy atom. The second-order valence-electron chi connectivity index (χ2n) is 19.0. The lowest BCUT2D eigenvalue weighted by Crippen LogP contribution is -1.97. The number of hydrogen-bond acceptors (Lipinski definition) is 2. The van der Waals surface area contributed by atoms with Crippen LogP contribution < -0.4 is 0 Å². The minimum absolute atomic E-state index is 1.00. The van der Waals surface area contributed by atoms with Crippen LogP contribution in [0.25, 0.3) is 152 Å². The highest BCUT2D eigenvalue weighted by Gasteiger charge is 2.23. The lowest BCUT2D eigenvalue weighted by atomic mass is 9.94. The second kappa shape index (κ2) is 14.7. The van der Waals surface area contributed by atoms with E-state index in [1.54, 1.807) is 0 Å². The summed E-state index contributed by atoms with van der Waals surface area (Å²) in [6.07, 6.45) is 0. The van der Waals surface area contributed by atoms with E-state index < -0.39 is 0 Å². The van der Waals surface area contributed by atoms with E-state index in [4.69, 9.17) is 4.98 Å². The number of rotatable bonds is 4. The monoisotopic (exact) mass is 917 g/mol. The molecule has 0 radical (unpaired) electrons. The van der Waals surface area contributed by atoms with Gasteiger partial charge in [0, 0.05) is 64.4 Å². The van der Waals surface area contributed by atoms with Gasteiger partial charge in [-0.1, -0.05) is 170 Å². The highest BCUT2D eigenvalue weighted by molar-refractivity contribution is 7.26. The van der Waals surface area contributed by atoms with Gasteiger partial charge in [0.1, 0.15) is 0 Å². The Labute approximate surface area is 411 Å². The number of thiophene rings is 1. The van der Waals surface area contributed by atoms with Crippen LogP contribution in [0, 0.1) is 0 Å².